The Kier molecular flexibility index (Phi) is 4.40. The first-order valence-corrected chi connectivity index (χ1v) is 6.85. The van der Waals surface area contributed by atoms with Crippen LogP contribution in [0.5, 0.6) is 0 Å². The third-order valence-corrected chi connectivity index (χ3v) is 3.76. The van der Waals surface area contributed by atoms with Crippen LogP contribution in [0.25, 0.3) is 9.69 Å². The lowest BCUT2D eigenvalue weighted by atomic mass is 9.76. The van der Waals surface area contributed by atoms with Crippen molar-refractivity contribution in [2.24, 2.45) is 0 Å². The van der Waals surface area contributed by atoms with Gasteiger partial charge in [-0.2, -0.15) is 0 Å². The Morgan fingerprint density at radius 1 is 1.33 bits per heavy atom. The second kappa shape index (κ2) is 6.24. The maximum Gasteiger partial charge on any atom is 0.492 e. The molecule has 0 bridgehead atoms. The first-order chi connectivity index (χ1) is 10.2. The largest absolute Gasteiger partial charge is 0.492 e. The molecule has 0 radical (unpaired) electrons. The lowest BCUT2D eigenvalue weighted by molar-refractivity contribution is -0.138. The number of nitrogens with zero attached hydrogens (tertiary/aromatic N) is 2. The van der Waals surface area contributed by atoms with Crippen molar-refractivity contribution in [1.29, 1.82) is 0 Å². The normalized spacial score (nSPS) is 19.8. The Bertz CT molecular complexity index is 621. The van der Waals surface area contributed by atoms with E-state index in [1.54, 1.807) is 13.0 Å². The topological polar surface area (TPSA) is 35.0 Å². The highest BCUT2D eigenvalue weighted by molar-refractivity contribution is 5.89. The fourth-order valence-electron chi connectivity index (χ4n) is 2.62. The molecular weight excluding hydrogens is 264 g/mol. The van der Waals surface area contributed by atoms with Gasteiger partial charge in [0.1, 0.15) is 12.3 Å². The Hall–Kier alpha value is -2.59. The molecule has 1 aliphatic rings. The highest BCUT2D eigenvalue weighted by atomic mass is 16.5. The Balaban J connectivity index is 2.40. The van der Waals surface area contributed by atoms with Gasteiger partial charge in [0.05, 0.1) is 6.61 Å². The standard InChI is InChI=1S/C17H16N2O2/c1-4-21-16(20)14-10-11-17(18-2,19-3)15(12-14)13-8-6-5-7-9-13/h5-10,15H,4,11-12H2,1H3. The first-order valence-electron chi connectivity index (χ1n) is 6.85. The average Bonchev–Trinajstić information content (AvgIpc) is 2.55. The zero-order valence-corrected chi connectivity index (χ0v) is 11.9. The summed E-state index contributed by atoms with van der Waals surface area (Å²) in [5.41, 5.74) is 0.324. The van der Waals surface area contributed by atoms with Crippen molar-refractivity contribution >= 4 is 5.97 Å². The van der Waals surface area contributed by atoms with Crippen LogP contribution in [0.3, 0.4) is 0 Å². The predicted octanol–water partition coefficient (Wildman–Crippen LogP) is 3.59. The van der Waals surface area contributed by atoms with Crippen molar-refractivity contribution in [1.82, 2.24) is 0 Å². The van der Waals surface area contributed by atoms with Crippen molar-refractivity contribution in [2.45, 2.75) is 31.3 Å². The minimum Gasteiger partial charge on any atom is -0.463 e. The molecule has 106 valence electrons. The van der Waals surface area contributed by atoms with E-state index in [9.17, 15) is 4.79 Å². The third kappa shape index (κ3) is 2.80. The molecule has 0 N–H and O–H groups in total. The number of carbonyl (C=O) groups excluding carboxylic acids is 1. The van der Waals surface area contributed by atoms with E-state index in [0.717, 1.165) is 5.56 Å². The van der Waals surface area contributed by atoms with Gasteiger partial charge in [-0.05, 0) is 12.5 Å². The number of ether oxygens (including phenoxy) is 1. The van der Waals surface area contributed by atoms with E-state index in [4.69, 9.17) is 17.9 Å². The monoisotopic (exact) mass is 280 g/mol. The van der Waals surface area contributed by atoms with Crippen LogP contribution in [0.2, 0.25) is 0 Å². The van der Waals surface area contributed by atoms with Crippen LogP contribution in [0.1, 0.15) is 31.2 Å². The van der Waals surface area contributed by atoms with Gasteiger partial charge in [0.15, 0.2) is 0 Å². The zero-order chi connectivity index (χ0) is 15.3. The van der Waals surface area contributed by atoms with Crippen LogP contribution in [0.15, 0.2) is 42.0 Å². The van der Waals surface area contributed by atoms with Crippen LogP contribution in [0, 0.1) is 13.1 Å². The SMILES string of the molecule is [C-]#[N+]C1([N+]#[C-])CC=C(C(=O)OCC)CC1c1ccccc1. The molecule has 0 aliphatic heterocycles. The van der Waals surface area contributed by atoms with E-state index in [-0.39, 0.29) is 18.3 Å². The van der Waals surface area contributed by atoms with Crippen molar-refractivity contribution in [3.05, 3.63) is 70.4 Å². The Labute approximate surface area is 124 Å². The van der Waals surface area contributed by atoms with Crippen molar-refractivity contribution in [3.8, 4) is 0 Å². The number of carbonyl (C=O) groups is 1. The lowest BCUT2D eigenvalue weighted by Gasteiger charge is -2.25. The summed E-state index contributed by atoms with van der Waals surface area (Å²) in [6.07, 6.45) is 2.31. The van der Waals surface area contributed by atoms with Gasteiger partial charge in [0, 0.05) is 12.0 Å². The molecule has 1 aromatic rings. The van der Waals surface area contributed by atoms with Crippen molar-refractivity contribution in [3.63, 3.8) is 0 Å². The minimum atomic E-state index is -1.16. The molecule has 4 heteroatoms. The van der Waals surface area contributed by atoms with E-state index in [1.165, 1.54) is 0 Å². The number of hydrogen-bond acceptors (Lipinski definition) is 2. The molecule has 2 rings (SSSR count). The quantitative estimate of drug-likeness (QED) is 0.626. The van der Waals surface area contributed by atoms with Crippen LogP contribution < -0.4 is 0 Å². The summed E-state index contributed by atoms with van der Waals surface area (Å²) in [6.45, 7) is 17.0. The predicted molar refractivity (Wildman–Crippen MR) is 79.1 cm³/mol. The van der Waals surface area contributed by atoms with Gasteiger partial charge in [-0.1, -0.05) is 36.4 Å². The van der Waals surface area contributed by atoms with Crippen LogP contribution in [0.4, 0.5) is 0 Å². The molecular formula is C17H16N2O2. The van der Waals surface area contributed by atoms with E-state index in [1.807, 2.05) is 30.3 Å². The summed E-state index contributed by atoms with van der Waals surface area (Å²) in [5, 5.41) is 0. The Morgan fingerprint density at radius 2 is 2.00 bits per heavy atom. The smallest absolute Gasteiger partial charge is 0.463 e. The van der Waals surface area contributed by atoms with Gasteiger partial charge in [-0.25, -0.2) is 27.6 Å². The second-order valence-corrected chi connectivity index (χ2v) is 4.92. The summed E-state index contributed by atoms with van der Waals surface area (Å²) >= 11 is 0. The molecule has 21 heavy (non-hydrogen) atoms. The average molecular weight is 280 g/mol. The molecule has 1 unspecified atom stereocenters. The minimum absolute atomic E-state index is 0.258. The van der Waals surface area contributed by atoms with Gasteiger partial charge < -0.3 is 4.74 Å². The maximum absolute atomic E-state index is 11.9. The van der Waals surface area contributed by atoms with E-state index in [0.29, 0.717) is 18.6 Å². The third-order valence-electron chi connectivity index (χ3n) is 3.76. The highest BCUT2D eigenvalue weighted by Crippen LogP contribution is 2.44. The molecule has 0 amide bonds. The molecule has 1 aromatic carbocycles. The molecule has 0 heterocycles. The Morgan fingerprint density at radius 3 is 2.57 bits per heavy atom. The van der Waals surface area contributed by atoms with E-state index >= 15 is 0 Å². The zero-order valence-electron chi connectivity index (χ0n) is 11.9. The number of benzene rings is 1. The van der Waals surface area contributed by atoms with Crippen molar-refractivity contribution < 1.29 is 9.53 Å². The molecule has 0 saturated carbocycles. The van der Waals surface area contributed by atoms with Gasteiger partial charge in [0.25, 0.3) is 0 Å². The van der Waals surface area contributed by atoms with Gasteiger partial charge >= 0.3 is 11.6 Å². The number of hydrogen-bond donors (Lipinski definition) is 0. The molecule has 0 fully saturated rings. The summed E-state index contributed by atoms with van der Waals surface area (Å²) in [6, 6.07) is 9.48. The fraction of sp³-hybridized carbons (Fsp3) is 0.353. The second-order valence-electron chi connectivity index (χ2n) is 4.92. The first kappa shape index (κ1) is 14.8. The summed E-state index contributed by atoms with van der Waals surface area (Å²) in [5.74, 6) is -0.653. The van der Waals surface area contributed by atoms with Crippen LogP contribution in [-0.2, 0) is 9.53 Å². The molecule has 4 nitrogen and oxygen atoms in total. The molecule has 1 aliphatic carbocycles. The van der Waals surface area contributed by atoms with Gasteiger partial charge in [0.2, 0.25) is 0 Å². The maximum atomic E-state index is 11.9. The van der Waals surface area contributed by atoms with E-state index < -0.39 is 5.66 Å². The highest BCUT2D eigenvalue weighted by Gasteiger charge is 2.55. The van der Waals surface area contributed by atoms with Crippen LogP contribution >= 0.6 is 0 Å². The van der Waals surface area contributed by atoms with Crippen LogP contribution in [-0.4, -0.2) is 18.2 Å². The molecule has 1 atom stereocenters. The van der Waals surface area contributed by atoms with Gasteiger partial charge in [-0.15, -0.1) is 0 Å². The number of esters is 1. The summed E-state index contributed by atoms with van der Waals surface area (Å²) < 4.78 is 5.04. The fourth-order valence-corrected chi connectivity index (χ4v) is 2.62. The molecule has 0 saturated heterocycles. The molecule has 0 spiro atoms. The lowest BCUT2D eigenvalue weighted by Crippen LogP contribution is -2.33. The van der Waals surface area contributed by atoms with Crippen molar-refractivity contribution in [2.75, 3.05) is 6.61 Å². The molecule has 0 aromatic heterocycles. The number of rotatable bonds is 3. The summed E-state index contributed by atoms with van der Waals surface area (Å²) in [7, 11) is 0. The van der Waals surface area contributed by atoms with Gasteiger partial charge in [-0.3, -0.25) is 0 Å². The van der Waals surface area contributed by atoms with E-state index in [2.05, 4.69) is 9.69 Å². The summed E-state index contributed by atoms with van der Waals surface area (Å²) in [4.78, 5) is 19.1.